The zero-order valence-electron chi connectivity index (χ0n) is 13.1. The fourth-order valence-corrected chi connectivity index (χ4v) is 2.72. The monoisotopic (exact) mass is 340 g/mol. The van der Waals surface area contributed by atoms with Gasteiger partial charge in [-0.05, 0) is 43.3 Å². The number of hydrogen-bond donors (Lipinski definition) is 1. The van der Waals surface area contributed by atoms with Gasteiger partial charge in [-0.15, -0.1) is 11.8 Å². The van der Waals surface area contributed by atoms with Crippen molar-refractivity contribution in [1.82, 2.24) is 0 Å². The summed E-state index contributed by atoms with van der Waals surface area (Å²) in [5, 5.41) is 10.9. The average molecular weight is 340 g/mol. The summed E-state index contributed by atoms with van der Waals surface area (Å²) < 4.78 is 5.03. The molecular weight excluding hydrogens is 324 g/mol. The predicted molar refractivity (Wildman–Crippen MR) is 92.5 cm³/mol. The highest BCUT2D eigenvalue weighted by Crippen LogP contribution is 2.23. The topological polar surface area (TPSA) is 79.2 Å². The maximum Gasteiger partial charge on any atom is 0.319 e. The van der Waals surface area contributed by atoms with Crippen molar-refractivity contribution in [1.29, 1.82) is 5.26 Å². The minimum Gasteiger partial charge on any atom is -0.455 e. The first-order chi connectivity index (χ1) is 11.6. The molecule has 0 aliphatic heterocycles. The standard InChI is InChI=1S/C18H16N2O3S/c1-13(24-16-5-3-2-4-6-16)18(22)23-12-17(21)20-15-9-7-14(11-19)8-10-15/h2-10,13H,12H2,1H3,(H,20,21)/t13-/m1/s1. The van der Waals surface area contributed by atoms with E-state index in [9.17, 15) is 9.59 Å². The number of hydrogen-bond acceptors (Lipinski definition) is 5. The van der Waals surface area contributed by atoms with E-state index in [0.717, 1.165) is 4.90 Å². The number of carbonyl (C=O) groups excluding carboxylic acids is 2. The Balaban J connectivity index is 1.78. The normalized spacial score (nSPS) is 11.2. The van der Waals surface area contributed by atoms with Crippen LogP contribution in [0.15, 0.2) is 59.5 Å². The second-order valence-corrected chi connectivity index (χ2v) is 6.33. The molecule has 0 radical (unpaired) electrons. The third-order valence-electron chi connectivity index (χ3n) is 3.03. The van der Waals surface area contributed by atoms with E-state index >= 15 is 0 Å². The molecule has 0 fully saturated rings. The van der Waals surface area contributed by atoms with E-state index in [0.29, 0.717) is 11.3 Å². The number of nitrogens with zero attached hydrogens (tertiary/aromatic N) is 1. The third-order valence-corrected chi connectivity index (χ3v) is 4.12. The second kappa shape index (κ2) is 8.75. The SMILES string of the molecule is C[C@@H](Sc1ccccc1)C(=O)OCC(=O)Nc1ccc(C#N)cc1. The van der Waals surface area contributed by atoms with Crippen LogP contribution in [-0.4, -0.2) is 23.7 Å². The van der Waals surface area contributed by atoms with Crippen molar-refractivity contribution in [3.05, 3.63) is 60.2 Å². The number of amides is 1. The average Bonchev–Trinajstić information content (AvgIpc) is 2.61. The van der Waals surface area contributed by atoms with Crippen LogP contribution in [0.3, 0.4) is 0 Å². The van der Waals surface area contributed by atoms with Crippen LogP contribution in [0, 0.1) is 11.3 Å². The van der Waals surface area contributed by atoms with Gasteiger partial charge in [0, 0.05) is 10.6 Å². The number of nitrogens with one attached hydrogen (secondary N) is 1. The Morgan fingerprint density at radius 2 is 1.83 bits per heavy atom. The van der Waals surface area contributed by atoms with Gasteiger partial charge >= 0.3 is 5.97 Å². The molecule has 0 aliphatic rings. The molecule has 0 saturated carbocycles. The molecule has 2 rings (SSSR count). The summed E-state index contributed by atoms with van der Waals surface area (Å²) in [5.41, 5.74) is 1.05. The number of rotatable bonds is 6. The third kappa shape index (κ3) is 5.45. The van der Waals surface area contributed by atoms with Crippen LogP contribution in [-0.2, 0) is 14.3 Å². The summed E-state index contributed by atoms with van der Waals surface area (Å²) >= 11 is 1.37. The molecule has 1 N–H and O–H groups in total. The molecular formula is C18H16N2O3S. The fourth-order valence-electron chi connectivity index (χ4n) is 1.83. The van der Waals surface area contributed by atoms with Crippen molar-refractivity contribution < 1.29 is 14.3 Å². The molecule has 0 saturated heterocycles. The Bertz CT molecular complexity index is 739. The highest BCUT2D eigenvalue weighted by atomic mass is 32.2. The molecule has 1 amide bonds. The number of benzene rings is 2. The number of anilines is 1. The Labute approximate surface area is 144 Å². The highest BCUT2D eigenvalue weighted by Gasteiger charge is 2.17. The van der Waals surface area contributed by atoms with E-state index in [1.165, 1.54) is 11.8 Å². The lowest BCUT2D eigenvalue weighted by molar-refractivity contribution is -0.146. The highest BCUT2D eigenvalue weighted by molar-refractivity contribution is 8.00. The maximum atomic E-state index is 11.9. The molecule has 0 spiro atoms. The van der Waals surface area contributed by atoms with Gasteiger partial charge in [0.05, 0.1) is 11.6 Å². The lowest BCUT2D eigenvalue weighted by atomic mass is 10.2. The molecule has 6 heteroatoms. The first-order valence-corrected chi connectivity index (χ1v) is 8.15. The molecule has 0 unspecified atom stereocenters. The summed E-state index contributed by atoms with van der Waals surface area (Å²) in [6, 6.07) is 17.9. The summed E-state index contributed by atoms with van der Waals surface area (Å²) in [6.07, 6.45) is 0. The van der Waals surface area contributed by atoms with Gasteiger partial charge in [0.1, 0.15) is 5.25 Å². The van der Waals surface area contributed by atoms with Crippen LogP contribution in [0.2, 0.25) is 0 Å². The van der Waals surface area contributed by atoms with Gasteiger partial charge in [0.2, 0.25) is 0 Å². The van der Waals surface area contributed by atoms with Gasteiger partial charge in [-0.1, -0.05) is 18.2 Å². The van der Waals surface area contributed by atoms with Crippen molar-refractivity contribution in [2.75, 3.05) is 11.9 Å². The van der Waals surface area contributed by atoms with Gasteiger partial charge in [0.15, 0.2) is 6.61 Å². The lowest BCUT2D eigenvalue weighted by Crippen LogP contribution is -2.24. The van der Waals surface area contributed by atoms with E-state index in [2.05, 4.69) is 5.32 Å². The van der Waals surface area contributed by atoms with Crippen molar-refractivity contribution in [3.8, 4) is 6.07 Å². The largest absolute Gasteiger partial charge is 0.455 e. The van der Waals surface area contributed by atoms with Gasteiger partial charge in [-0.3, -0.25) is 9.59 Å². The summed E-state index contributed by atoms with van der Waals surface area (Å²) in [7, 11) is 0. The van der Waals surface area contributed by atoms with E-state index in [1.54, 1.807) is 31.2 Å². The van der Waals surface area contributed by atoms with Crippen molar-refractivity contribution in [2.24, 2.45) is 0 Å². The van der Waals surface area contributed by atoms with Gasteiger partial charge in [0.25, 0.3) is 5.91 Å². The summed E-state index contributed by atoms with van der Waals surface area (Å²) in [6.45, 7) is 1.39. The number of carbonyl (C=O) groups is 2. The molecule has 0 aliphatic carbocycles. The molecule has 122 valence electrons. The minimum absolute atomic E-state index is 0.349. The Morgan fingerprint density at radius 1 is 1.17 bits per heavy atom. The van der Waals surface area contributed by atoms with Crippen LogP contribution >= 0.6 is 11.8 Å². The molecule has 2 aromatic rings. The molecule has 0 aromatic heterocycles. The fraction of sp³-hybridized carbons (Fsp3) is 0.167. The van der Waals surface area contributed by atoms with Crippen LogP contribution < -0.4 is 5.32 Å². The second-order valence-electron chi connectivity index (χ2n) is 4.92. The number of esters is 1. The van der Waals surface area contributed by atoms with E-state index in [-0.39, 0.29) is 6.61 Å². The van der Waals surface area contributed by atoms with E-state index in [4.69, 9.17) is 10.00 Å². The molecule has 0 bridgehead atoms. The first-order valence-electron chi connectivity index (χ1n) is 7.27. The Hall–Kier alpha value is -2.78. The van der Waals surface area contributed by atoms with Crippen molar-refractivity contribution in [2.45, 2.75) is 17.1 Å². The maximum absolute atomic E-state index is 11.9. The molecule has 0 heterocycles. The van der Waals surface area contributed by atoms with Crippen LogP contribution in [0.1, 0.15) is 12.5 Å². The zero-order valence-corrected chi connectivity index (χ0v) is 13.9. The number of ether oxygens (including phenoxy) is 1. The lowest BCUT2D eigenvalue weighted by Gasteiger charge is -2.11. The first kappa shape index (κ1) is 17.6. The molecule has 2 aromatic carbocycles. The quantitative estimate of drug-likeness (QED) is 0.645. The van der Waals surface area contributed by atoms with Crippen molar-refractivity contribution >= 4 is 29.3 Å². The zero-order chi connectivity index (χ0) is 17.4. The van der Waals surface area contributed by atoms with Crippen LogP contribution in [0.4, 0.5) is 5.69 Å². The Morgan fingerprint density at radius 3 is 2.46 bits per heavy atom. The predicted octanol–water partition coefficient (Wildman–Crippen LogP) is 3.22. The molecule has 1 atom stereocenters. The minimum atomic E-state index is -0.446. The van der Waals surface area contributed by atoms with Gasteiger partial charge in [-0.2, -0.15) is 5.26 Å². The van der Waals surface area contributed by atoms with E-state index in [1.807, 2.05) is 36.4 Å². The summed E-state index contributed by atoms with van der Waals surface area (Å²) in [4.78, 5) is 24.7. The molecule has 24 heavy (non-hydrogen) atoms. The molecule has 5 nitrogen and oxygen atoms in total. The smallest absolute Gasteiger partial charge is 0.319 e. The number of thioether (sulfide) groups is 1. The summed E-state index contributed by atoms with van der Waals surface area (Å²) in [5.74, 6) is -0.871. The van der Waals surface area contributed by atoms with Crippen molar-refractivity contribution in [3.63, 3.8) is 0 Å². The van der Waals surface area contributed by atoms with Gasteiger partial charge in [-0.25, -0.2) is 0 Å². The van der Waals surface area contributed by atoms with Gasteiger partial charge < -0.3 is 10.1 Å². The van der Waals surface area contributed by atoms with Crippen LogP contribution in [0.25, 0.3) is 0 Å². The van der Waals surface area contributed by atoms with Crippen LogP contribution in [0.5, 0.6) is 0 Å². The van der Waals surface area contributed by atoms with E-state index < -0.39 is 17.1 Å². The Kier molecular flexibility index (Phi) is 6.41. The number of nitriles is 1.